The molecule has 4 N–H and O–H groups in total. The monoisotopic (exact) mass is 522 g/mol. The number of carboxylic acid groups (broad SMARTS) is 1. The van der Waals surface area contributed by atoms with Gasteiger partial charge < -0.3 is 35.1 Å². The first kappa shape index (κ1) is 30.7. The van der Waals surface area contributed by atoms with E-state index >= 15 is 0 Å². The van der Waals surface area contributed by atoms with Gasteiger partial charge in [-0.1, -0.05) is 39.2 Å². The molecule has 2 rings (SSSR count). The summed E-state index contributed by atoms with van der Waals surface area (Å²) in [7, 11) is 3.26. The van der Waals surface area contributed by atoms with Crippen molar-refractivity contribution in [3.63, 3.8) is 0 Å². The van der Waals surface area contributed by atoms with Gasteiger partial charge in [-0.15, -0.1) is 0 Å². The van der Waals surface area contributed by atoms with Crippen molar-refractivity contribution in [2.45, 2.75) is 77.4 Å². The molecule has 1 fully saturated rings. The summed E-state index contributed by atoms with van der Waals surface area (Å²) in [6.45, 7) is 5.31. The number of carbonyl (C=O) groups excluding carboxylic acids is 1. The first-order valence-electron chi connectivity index (χ1n) is 13.5. The highest BCUT2D eigenvalue weighted by Crippen LogP contribution is 2.31. The van der Waals surface area contributed by atoms with Gasteiger partial charge in [-0.05, 0) is 55.2 Å². The van der Waals surface area contributed by atoms with Gasteiger partial charge in [0, 0.05) is 32.6 Å². The zero-order valence-electron chi connectivity index (χ0n) is 22.8. The standard InChI is InChI=1S/C28H46N2O7/c1-19(2)22(15-20-11-12-25(36-4)26(16-20)37-14-8-13-35-3)17-23(30-28(33)34)24(31)18-29-27(32)21-9-6-5-7-10-21/h11-12,16,19,21-24,30-31H,5-10,13-15,17-18H2,1-4H3,(H,29,32)(H,33,34)/t22-,23-,24-/m0/s1. The van der Waals surface area contributed by atoms with Crippen molar-refractivity contribution in [3.05, 3.63) is 23.8 Å². The Hall–Kier alpha value is -2.52. The molecule has 210 valence electrons. The lowest BCUT2D eigenvalue weighted by molar-refractivity contribution is -0.126. The van der Waals surface area contributed by atoms with Gasteiger partial charge in [0.1, 0.15) is 0 Å². The Labute approximate surface area is 221 Å². The summed E-state index contributed by atoms with van der Waals surface area (Å²) in [5.41, 5.74) is 1.04. The van der Waals surface area contributed by atoms with Crippen LogP contribution in [0.2, 0.25) is 0 Å². The van der Waals surface area contributed by atoms with Crippen LogP contribution in [0, 0.1) is 17.8 Å². The Morgan fingerprint density at radius 3 is 2.43 bits per heavy atom. The Morgan fingerprint density at radius 1 is 1.08 bits per heavy atom. The van der Waals surface area contributed by atoms with E-state index in [9.17, 15) is 19.8 Å². The summed E-state index contributed by atoms with van der Waals surface area (Å²) >= 11 is 0. The van der Waals surface area contributed by atoms with Gasteiger partial charge in [0.05, 0.1) is 25.9 Å². The number of hydrogen-bond acceptors (Lipinski definition) is 6. The van der Waals surface area contributed by atoms with Crippen LogP contribution in [0.25, 0.3) is 0 Å². The van der Waals surface area contributed by atoms with Gasteiger partial charge in [0.15, 0.2) is 11.5 Å². The summed E-state index contributed by atoms with van der Waals surface area (Å²) in [5.74, 6) is 1.55. The van der Waals surface area contributed by atoms with Gasteiger partial charge in [0.25, 0.3) is 0 Å². The van der Waals surface area contributed by atoms with Crippen LogP contribution in [0.5, 0.6) is 11.5 Å². The molecular formula is C28H46N2O7. The van der Waals surface area contributed by atoms with E-state index in [1.165, 1.54) is 0 Å². The molecule has 0 aromatic heterocycles. The molecule has 1 aromatic rings. The lowest BCUT2D eigenvalue weighted by Gasteiger charge is -2.30. The smallest absolute Gasteiger partial charge is 0.404 e. The van der Waals surface area contributed by atoms with Crippen LogP contribution in [0.1, 0.15) is 64.4 Å². The molecule has 0 bridgehead atoms. The van der Waals surface area contributed by atoms with E-state index in [4.69, 9.17) is 14.2 Å². The quantitative estimate of drug-likeness (QED) is 0.242. The average molecular weight is 523 g/mol. The number of methoxy groups -OCH3 is 2. The Morgan fingerprint density at radius 2 is 1.81 bits per heavy atom. The van der Waals surface area contributed by atoms with Gasteiger partial charge in [-0.25, -0.2) is 4.79 Å². The third-order valence-electron chi connectivity index (χ3n) is 7.21. The maximum atomic E-state index is 12.5. The number of ether oxygens (including phenoxy) is 3. The second kappa shape index (κ2) is 16.3. The number of aliphatic hydroxyl groups excluding tert-OH is 1. The molecular weight excluding hydrogens is 476 g/mol. The molecule has 0 saturated heterocycles. The molecule has 1 aromatic carbocycles. The molecule has 1 aliphatic rings. The normalized spacial score (nSPS) is 16.6. The number of aliphatic hydroxyl groups is 1. The minimum atomic E-state index is -1.19. The minimum absolute atomic E-state index is 0.0174. The predicted molar refractivity (Wildman–Crippen MR) is 142 cm³/mol. The van der Waals surface area contributed by atoms with Crippen LogP contribution in [0.15, 0.2) is 18.2 Å². The predicted octanol–water partition coefficient (Wildman–Crippen LogP) is 4.01. The van der Waals surface area contributed by atoms with Gasteiger partial charge >= 0.3 is 6.09 Å². The number of hydrogen-bond donors (Lipinski definition) is 4. The first-order valence-corrected chi connectivity index (χ1v) is 13.5. The van der Waals surface area contributed by atoms with E-state index in [1.807, 2.05) is 18.2 Å². The maximum absolute atomic E-state index is 12.5. The second-order valence-corrected chi connectivity index (χ2v) is 10.3. The van der Waals surface area contributed by atoms with Gasteiger partial charge in [-0.2, -0.15) is 0 Å². The SMILES string of the molecule is COCCCOc1cc(C[C@@H](C[C@H](NC(=O)O)[C@@H](O)CNC(=O)C2CCCCC2)C(C)C)ccc1OC. The molecule has 0 heterocycles. The number of rotatable bonds is 16. The molecule has 3 atom stereocenters. The molecule has 2 amide bonds. The van der Waals surface area contributed by atoms with Crippen LogP contribution in [0.3, 0.4) is 0 Å². The van der Waals surface area contributed by atoms with E-state index in [1.54, 1.807) is 14.2 Å². The Kier molecular flexibility index (Phi) is 13.6. The van der Waals surface area contributed by atoms with Crippen molar-refractivity contribution in [1.82, 2.24) is 10.6 Å². The van der Waals surface area contributed by atoms with Crippen molar-refractivity contribution in [1.29, 1.82) is 0 Å². The van der Waals surface area contributed by atoms with Crippen molar-refractivity contribution in [2.24, 2.45) is 17.8 Å². The lowest BCUT2D eigenvalue weighted by atomic mass is 9.83. The summed E-state index contributed by atoms with van der Waals surface area (Å²) in [5, 5.41) is 25.6. The van der Waals surface area contributed by atoms with E-state index in [-0.39, 0.29) is 30.2 Å². The first-order chi connectivity index (χ1) is 17.7. The average Bonchev–Trinajstić information content (AvgIpc) is 2.89. The van der Waals surface area contributed by atoms with E-state index in [2.05, 4.69) is 24.5 Å². The number of nitrogens with one attached hydrogen (secondary N) is 2. The van der Waals surface area contributed by atoms with E-state index < -0.39 is 18.2 Å². The Balaban J connectivity index is 2.05. The zero-order valence-corrected chi connectivity index (χ0v) is 22.8. The number of benzene rings is 1. The topological polar surface area (TPSA) is 126 Å². The molecule has 9 nitrogen and oxygen atoms in total. The van der Waals surface area contributed by atoms with Gasteiger partial charge in [-0.3, -0.25) is 4.79 Å². The highest BCUT2D eigenvalue weighted by Gasteiger charge is 2.28. The van der Waals surface area contributed by atoms with Crippen LogP contribution >= 0.6 is 0 Å². The van der Waals surface area contributed by atoms with Crippen LogP contribution in [-0.2, 0) is 16.0 Å². The maximum Gasteiger partial charge on any atom is 0.404 e. The van der Waals surface area contributed by atoms with Crippen molar-refractivity contribution >= 4 is 12.0 Å². The molecule has 0 spiro atoms. The molecule has 0 radical (unpaired) electrons. The summed E-state index contributed by atoms with van der Waals surface area (Å²) < 4.78 is 16.4. The molecule has 1 aliphatic carbocycles. The van der Waals surface area contributed by atoms with E-state index in [0.29, 0.717) is 37.6 Å². The molecule has 0 unspecified atom stereocenters. The highest BCUT2D eigenvalue weighted by molar-refractivity contribution is 5.78. The van der Waals surface area contributed by atoms with Crippen molar-refractivity contribution in [3.8, 4) is 11.5 Å². The summed E-state index contributed by atoms with van der Waals surface area (Å²) in [6.07, 6.45) is 4.63. The fraction of sp³-hybridized carbons (Fsp3) is 0.714. The number of amides is 2. The molecule has 9 heteroatoms. The Bertz CT molecular complexity index is 827. The third kappa shape index (κ3) is 10.8. The third-order valence-corrected chi connectivity index (χ3v) is 7.21. The van der Waals surface area contributed by atoms with Crippen LogP contribution in [-0.4, -0.2) is 68.3 Å². The lowest BCUT2D eigenvalue weighted by Crippen LogP contribution is -2.50. The van der Waals surface area contributed by atoms with Gasteiger partial charge in [0.2, 0.25) is 5.91 Å². The zero-order chi connectivity index (χ0) is 27.2. The van der Waals surface area contributed by atoms with Crippen molar-refractivity contribution < 1.29 is 34.0 Å². The fourth-order valence-corrected chi connectivity index (χ4v) is 4.89. The van der Waals surface area contributed by atoms with Crippen LogP contribution < -0.4 is 20.1 Å². The summed E-state index contributed by atoms with van der Waals surface area (Å²) in [4.78, 5) is 24.0. The molecule has 37 heavy (non-hydrogen) atoms. The van der Waals surface area contributed by atoms with Crippen molar-refractivity contribution in [2.75, 3.05) is 34.0 Å². The van der Waals surface area contributed by atoms with Crippen LogP contribution in [0.4, 0.5) is 4.79 Å². The highest BCUT2D eigenvalue weighted by atomic mass is 16.5. The fourth-order valence-electron chi connectivity index (χ4n) is 4.89. The molecule has 0 aliphatic heterocycles. The number of carbonyl (C=O) groups is 2. The minimum Gasteiger partial charge on any atom is -0.493 e. The summed E-state index contributed by atoms with van der Waals surface area (Å²) in [6, 6.07) is 5.11. The van der Waals surface area contributed by atoms with E-state index in [0.717, 1.165) is 44.1 Å². The second-order valence-electron chi connectivity index (χ2n) is 10.3. The largest absolute Gasteiger partial charge is 0.493 e. The molecule has 1 saturated carbocycles.